The van der Waals surface area contributed by atoms with Crippen LogP contribution in [-0.4, -0.2) is 31.7 Å². The van der Waals surface area contributed by atoms with Gasteiger partial charge in [-0.2, -0.15) is 0 Å². The molecule has 1 atom stereocenters. The second kappa shape index (κ2) is 10.2. The van der Waals surface area contributed by atoms with Gasteiger partial charge in [0.05, 0.1) is 11.8 Å². The molecule has 1 fully saturated rings. The minimum absolute atomic E-state index is 0.00886. The average Bonchev–Trinajstić information content (AvgIpc) is 2.82. The van der Waals surface area contributed by atoms with Crippen molar-refractivity contribution in [3.63, 3.8) is 0 Å². The second-order valence-corrected chi connectivity index (χ2v) is 11.1. The molecule has 1 aliphatic heterocycles. The van der Waals surface area contributed by atoms with Crippen molar-refractivity contribution in [2.45, 2.75) is 63.7 Å². The zero-order valence-corrected chi connectivity index (χ0v) is 19.7. The highest BCUT2D eigenvalue weighted by atomic mass is 32.2. The predicted octanol–water partition coefficient (Wildman–Crippen LogP) is 4.37. The Morgan fingerprint density at radius 1 is 1.03 bits per heavy atom. The molecule has 1 heterocycles. The molecule has 32 heavy (non-hydrogen) atoms. The number of piperidine rings is 1. The molecule has 5 nitrogen and oxygen atoms in total. The maximum absolute atomic E-state index is 13.0. The van der Waals surface area contributed by atoms with E-state index in [1.54, 1.807) is 4.31 Å². The fourth-order valence-electron chi connectivity index (χ4n) is 4.95. The summed E-state index contributed by atoms with van der Waals surface area (Å²) in [7, 11) is -3.36. The van der Waals surface area contributed by atoms with Crippen molar-refractivity contribution in [1.29, 1.82) is 0 Å². The van der Waals surface area contributed by atoms with Crippen LogP contribution >= 0.6 is 0 Å². The van der Waals surface area contributed by atoms with Crippen LogP contribution in [0.25, 0.3) is 0 Å². The number of aryl methyl sites for hydroxylation is 2. The smallest absolute Gasteiger partial charge is 0.223 e. The summed E-state index contributed by atoms with van der Waals surface area (Å²) < 4.78 is 27.1. The predicted molar refractivity (Wildman–Crippen MR) is 128 cm³/mol. The van der Waals surface area contributed by atoms with E-state index < -0.39 is 10.0 Å². The highest BCUT2D eigenvalue weighted by Gasteiger charge is 2.32. The summed E-state index contributed by atoms with van der Waals surface area (Å²) in [5.74, 6) is -0.0689. The Kier molecular flexibility index (Phi) is 7.31. The van der Waals surface area contributed by atoms with Crippen molar-refractivity contribution in [2.75, 3.05) is 13.1 Å². The lowest BCUT2D eigenvalue weighted by Gasteiger charge is -2.31. The third kappa shape index (κ3) is 5.41. The van der Waals surface area contributed by atoms with Crippen molar-refractivity contribution in [3.8, 4) is 0 Å². The largest absolute Gasteiger partial charge is 0.349 e. The number of sulfonamides is 1. The molecule has 172 valence electrons. The first-order valence-electron chi connectivity index (χ1n) is 11.9. The first-order chi connectivity index (χ1) is 15.5. The monoisotopic (exact) mass is 454 g/mol. The summed E-state index contributed by atoms with van der Waals surface area (Å²) in [6.45, 7) is 2.91. The van der Waals surface area contributed by atoms with E-state index in [0.29, 0.717) is 25.9 Å². The highest BCUT2D eigenvalue weighted by molar-refractivity contribution is 7.88. The maximum Gasteiger partial charge on any atom is 0.223 e. The van der Waals surface area contributed by atoms with Crippen molar-refractivity contribution in [3.05, 3.63) is 70.8 Å². The fraction of sp³-hybridized carbons (Fsp3) is 0.500. The van der Waals surface area contributed by atoms with Crippen molar-refractivity contribution < 1.29 is 13.2 Å². The summed E-state index contributed by atoms with van der Waals surface area (Å²) >= 11 is 0. The number of nitrogens with zero attached hydrogens (tertiary/aromatic N) is 1. The van der Waals surface area contributed by atoms with Gasteiger partial charge in [-0.3, -0.25) is 4.79 Å². The number of carbonyl (C=O) groups is 1. The van der Waals surface area contributed by atoms with E-state index in [-0.39, 0.29) is 23.6 Å². The molecule has 1 amide bonds. The summed E-state index contributed by atoms with van der Waals surface area (Å²) in [6.07, 6.45) is 6.77. The van der Waals surface area contributed by atoms with E-state index in [9.17, 15) is 13.2 Å². The van der Waals surface area contributed by atoms with Crippen LogP contribution in [0.4, 0.5) is 0 Å². The Morgan fingerprint density at radius 3 is 2.41 bits per heavy atom. The Hall–Kier alpha value is -2.18. The number of fused-ring (bicyclic) bond motifs is 1. The molecular formula is C26H34N2O3S. The van der Waals surface area contributed by atoms with E-state index in [0.717, 1.165) is 24.8 Å². The molecule has 1 N–H and O–H groups in total. The Morgan fingerprint density at radius 2 is 1.72 bits per heavy atom. The molecule has 0 unspecified atom stereocenters. The van der Waals surface area contributed by atoms with Crippen LogP contribution in [-0.2, 0) is 33.4 Å². The van der Waals surface area contributed by atoms with Gasteiger partial charge in [-0.15, -0.1) is 0 Å². The molecule has 6 heteroatoms. The molecule has 0 aromatic heterocycles. The van der Waals surface area contributed by atoms with Gasteiger partial charge in [-0.1, -0.05) is 55.5 Å². The molecule has 2 aliphatic rings. The lowest BCUT2D eigenvalue weighted by atomic mass is 9.88. The van der Waals surface area contributed by atoms with Gasteiger partial charge in [0.25, 0.3) is 0 Å². The van der Waals surface area contributed by atoms with Crippen molar-refractivity contribution in [2.24, 2.45) is 5.92 Å². The number of carbonyl (C=O) groups excluding carboxylic acids is 1. The van der Waals surface area contributed by atoms with Crippen LogP contribution in [0.3, 0.4) is 0 Å². The second-order valence-electron chi connectivity index (χ2n) is 9.12. The third-order valence-electron chi connectivity index (χ3n) is 6.91. The van der Waals surface area contributed by atoms with Crippen LogP contribution in [0.15, 0.2) is 48.5 Å². The summed E-state index contributed by atoms with van der Waals surface area (Å²) in [5, 5.41) is 3.25. The quantitative estimate of drug-likeness (QED) is 0.675. The Balaban J connectivity index is 1.33. The van der Waals surface area contributed by atoms with Gasteiger partial charge in [0.2, 0.25) is 15.9 Å². The molecule has 1 saturated heterocycles. The van der Waals surface area contributed by atoms with Gasteiger partial charge in [0.1, 0.15) is 0 Å². The maximum atomic E-state index is 13.0. The van der Waals surface area contributed by atoms with E-state index in [1.165, 1.54) is 29.5 Å². The molecule has 0 radical (unpaired) electrons. The standard InChI is InChI=1S/C26H34N2O3S/c1-2-25(24-13-12-21-10-6-7-11-23(21)18-24)27-26(29)22-14-16-28(17-15-22)32(30,31)19-20-8-4-3-5-9-20/h3-5,8-9,12-13,18,22,25H,2,6-7,10-11,14-17,19H2,1H3,(H,27,29)/t25-/m0/s1. The third-order valence-corrected chi connectivity index (χ3v) is 8.76. The minimum Gasteiger partial charge on any atom is -0.349 e. The summed E-state index contributed by atoms with van der Waals surface area (Å²) in [5.41, 5.74) is 4.86. The van der Waals surface area contributed by atoms with Gasteiger partial charge < -0.3 is 5.32 Å². The number of benzene rings is 2. The lowest BCUT2D eigenvalue weighted by molar-refractivity contribution is -0.126. The minimum atomic E-state index is -3.36. The van der Waals surface area contributed by atoms with Gasteiger partial charge in [-0.05, 0) is 67.2 Å². The number of hydrogen-bond acceptors (Lipinski definition) is 3. The van der Waals surface area contributed by atoms with Gasteiger partial charge in [-0.25, -0.2) is 12.7 Å². The first-order valence-corrected chi connectivity index (χ1v) is 13.5. The molecule has 0 spiro atoms. The number of nitrogens with one attached hydrogen (secondary N) is 1. The highest BCUT2D eigenvalue weighted by Crippen LogP contribution is 2.27. The zero-order valence-electron chi connectivity index (χ0n) is 18.9. The Labute approximate surface area is 192 Å². The lowest BCUT2D eigenvalue weighted by Crippen LogP contribution is -2.44. The average molecular weight is 455 g/mol. The van der Waals surface area contributed by atoms with E-state index >= 15 is 0 Å². The Bertz CT molecular complexity index is 1030. The van der Waals surface area contributed by atoms with Gasteiger partial charge in [0.15, 0.2) is 0 Å². The van der Waals surface area contributed by atoms with Crippen LogP contribution in [0.1, 0.15) is 67.3 Å². The normalized spacial score (nSPS) is 18.7. The van der Waals surface area contributed by atoms with Crippen LogP contribution < -0.4 is 5.32 Å². The van der Waals surface area contributed by atoms with E-state index in [2.05, 4.69) is 30.4 Å². The van der Waals surface area contributed by atoms with Crippen LogP contribution in [0.2, 0.25) is 0 Å². The fourth-order valence-corrected chi connectivity index (χ4v) is 6.52. The first kappa shape index (κ1) is 23.0. The molecular weight excluding hydrogens is 420 g/mol. The molecule has 2 aromatic carbocycles. The zero-order chi connectivity index (χ0) is 22.6. The molecule has 0 bridgehead atoms. The van der Waals surface area contributed by atoms with Crippen molar-refractivity contribution >= 4 is 15.9 Å². The van der Waals surface area contributed by atoms with Gasteiger partial charge in [0, 0.05) is 19.0 Å². The topological polar surface area (TPSA) is 66.5 Å². The van der Waals surface area contributed by atoms with E-state index in [4.69, 9.17) is 0 Å². The van der Waals surface area contributed by atoms with E-state index in [1.807, 2.05) is 30.3 Å². The molecule has 0 saturated carbocycles. The number of hydrogen-bond donors (Lipinski definition) is 1. The summed E-state index contributed by atoms with van der Waals surface area (Å²) in [6, 6.07) is 16.0. The molecule has 4 rings (SSSR count). The SMILES string of the molecule is CC[C@H](NC(=O)C1CCN(S(=O)(=O)Cc2ccccc2)CC1)c1ccc2c(c1)CCCC2. The van der Waals surface area contributed by atoms with Gasteiger partial charge >= 0.3 is 0 Å². The molecule has 1 aliphatic carbocycles. The summed E-state index contributed by atoms with van der Waals surface area (Å²) in [4.78, 5) is 13.0. The van der Waals surface area contributed by atoms with Crippen LogP contribution in [0, 0.1) is 5.92 Å². The number of rotatable bonds is 7. The molecule has 2 aromatic rings. The van der Waals surface area contributed by atoms with Crippen LogP contribution in [0.5, 0.6) is 0 Å². The van der Waals surface area contributed by atoms with Crippen molar-refractivity contribution in [1.82, 2.24) is 9.62 Å². The number of amides is 1.